The van der Waals surface area contributed by atoms with Gasteiger partial charge in [-0.2, -0.15) is 13.2 Å². The quantitative estimate of drug-likeness (QED) is 0.598. The van der Waals surface area contributed by atoms with Crippen LogP contribution in [0.5, 0.6) is 0 Å². The van der Waals surface area contributed by atoms with E-state index in [1.165, 1.54) is 27.7 Å². The van der Waals surface area contributed by atoms with Crippen LogP contribution in [0.1, 0.15) is 51.7 Å². The van der Waals surface area contributed by atoms with Crippen molar-refractivity contribution in [1.82, 2.24) is 0 Å². The largest absolute Gasteiger partial charge is 0.458 e. The Hall–Kier alpha value is -1.74. The Morgan fingerprint density at radius 3 is 2.29 bits per heavy atom. The summed E-state index contributed by atoms with van der Waals surface area (Å²) < 4.78 is 79.3. The molecule has 0 saturated carbocycles. The van der Waals surface area contributed by atoms with Crippen LogP contribution in [0.3, 0.4) is 0 Å². The third kappa shape index (κ3) is 3.87. The predicted octanol–water partition coefficient (Wildman–Crippen LogP) is 4.24. The van der Waals surface area contributed by atoms with Crippen molar-refractivity contribution in [3.63, 3.8) is 0 Å². The van der Waals surface area contributed by atoms with Crippen LogP contribution in [-0.2, 0) is 20.9 Å². The highest BCUT2D eigenvalue weighted by Crippen LogP contribution is 2.54. The van der Waals surface area contributed by atoms with Crippen molar-refractivity contribution in [2.75, 3.05) is 0 Å². The fourth-order valence-corrected chi connectivity index (χ4v) is 3.44. The summed E-state index contributed by atoms with van der Waals surface area (Å²) in [7, 11) is 0. The molecule has 1 aliphatic rings. The molecule has 4 atom stereocenters. The molecule has 0 bridgehead atoms. The summed E-state index contributed by atoms with van der Waals surface area (Å²) in [6.45, 7) is 5.68. The molecule has 4 nitrogen and oxygen atoms in total. The van der Waals surface area contributed by atoms with E-state index in [1.807, 2.05) is 0 Å². The summed E-state index contributed by atoms with van der Waals surface area (Å²) in [6, 6.07) is 1.81. The highest BCUT2D eigenvalue weighted by molar-refractivity contribution is 5.77. The minimum atomic E-state index is -4.83. The van der Waals surface area contributed by atoms with Crippen LogP contribution in [0.15, 0.2) is 12.1 Å². The van der Waals surface area contributed by atoms with E-state index in [0.717, 1.165) is 19.1 Å². The molecule has 0 aromatic heterocycles. The fraction of sp³-hybridized carbons (Fsp3) is 0.632. The summed E-state index contributed by atoms with van der Waals surface area (Å²) in [5, 5.41) is 9.49. The van der Waals surface area contributed by atoms with Gasteiger partial charge >= 0.3 is 12.1 Å². The van der Waals surface area contributed by atoms with Gasteiger partial charge in [-0.25, -0.2) is 13.6 Å². The van der Waals surface area contributed by atoms with Gasteiger partial charge in [0.25, 0.3) is 0 Å². The molecule has 1 heterocycles. The molecular weight excluding hydrogens is 387 g/mol. The number of aliphatic hydroxyl groups is 1. The Bertz CT molecular complexity index is 756. The van der Waals surface area contributed by atoms with Crippen molar-refractivity contribution in [2.24, 2.45) is 5.92 Å². The van der Waals surface area contributed by atoms with Gasteiger partial charge in [0.15, 0.2) is 23.3 Å². The molecule has 0 amide bonds. The van der Waals surface area contributed by atoms with Crippen LogP contribution in [0, 0.1) is 17.6 Å². The van der Waals surface area contributed by atoms with E-state index in [1.54, 1.807) is 0 Å². The summed E-state index contributed by atoms with van der Waals surface area (Å²) in [4.78, 5) is 12.6. The molecule has 0 spiro atoms. The van der Waals surface area contributed by atoms with Gasteiger partial charge in [-0.15, -0.1) is 0 Å². The highest BCUT2D eigenvalue weighted by Gasteiger charge is 2.66. The van der Waals surface area contributed by atoms with Gasteiger partial charge in [-0.3, -0.25) is 0 Å². The first-order valence-electron chi connectivity index (χ1n) is 8.69. The fourth-order valence-electron chi connectivity index (χ4n) is 3.44. The Morgan fingerprint density at radius 2 is 1.82 bits per heavy atom. The molecule has 0 aliphatic carbocycles. The molecule has 2 rings (SSSR count). The van der Waals surface area contributed by atoms with Crippen LogP contribution in [-0.4, -0.2) is 34.6 Å². The van der Waals surface area contributed by atoms with Gasteiger partial charge in [0.2, 0.25) is 0 Å². The van der Waals surface area contributed by atoms with Crippen molar-refractivity contribution >= 4 is 5.97 Å². The monoisotopic (exact) mass is 410 g/mol. The number of ether oxygens (including phenoxy) is 2. The molecular formula is C19H23F5O4. The summed E-state index contributed by atoms with van der Waals surface area (Å²) >= 11 is 0. The average molecular weight is 410 g/mol. The Kier molecular flexibility index (Phi) is 5.84. The minimum absolute atomic E-state index is 0.127. The highest BCUT2D eigenvalue weighted by atomic mass is 19.4. The number of halogens is 5. The van der Waals surface area contributed by atoms with E-state index >= 15 is 0 Å². The molecule has 1 aromatic carbocycles. The molecule has 1 N–H and O–H groups in total. The molecule has 1 fully saturated rings. The first kappa shape index (κ1) is 22.5. The smallest absolute Gasteiger partial charge is 0.417 e. The van der Waals surface area contributed by atoms with Crippen molar-refractivity contribution in [2.45, 2.75) is 70.6 Å². The zero-order valence-electron chi connectivity index (χ0n) is 16.2. The van der Waals surface area contributed by atoms with Gasteiger partial charge in [-0.05, 0) is 39.3 Å². The maximum atomic E-state index is 14.2. The first-order valence-corrected chi connectivity index (χ1v) is 8.69. The van der Waals surface area contributed by atoms with Crippen molar-refractivity contribution < 1.29 is 41.3 Å². The third-order valence-corrected chi connectivity index (χ3v) is 5.06. The second-order valence-electron chi connectivity index (χ2n) is 8.08. The van der Waals surface area contributed by atoms with Crippen LogP contribution >= 0.6 is 0 Å². The van der Waals surface area contributed by atoms with Crippen molar-refractivity contribution in [3.8, 4) is 0 Å². The zero-order chi connectivity index (χ0) is 21.7. The first-order chi connectivity index (χ1) is 12.6. The van der Waals surface area contributed by atoms with E-state index in [9.17, 15) is 31.9 Å². The molecule has 9 heteroatoms. The van der Waals surface area contributed by atoms with E-state index in [4.69, 9.17) is 9.47 Å². The van der Waals surface area contributed by atoms with E-state index in [0.29, 0.717) is 0 Å². The number of carbonyl (C=O) groups excluding carboxylic acids is 1. The molecule has 3 unspecified atom stereocenters. The number of rotatable bonds is 3. The molecule has 1 aromatic rings. The van der Waals surface area contributed by atoms with Gasteiger partial charge in [0, 0.05) is 17.4 Å². The summed E-state index contributed by atoms with van der Waals surface area (Å²) in [5.41, 5.74) is -4.37. The number of hydrogen-bond donors (Lipinski definition) is 1. The Labute approximate surface area is 159 Å². The van der Waals surface area contributed by atoms with Gasteiger partial charge in [0.1, 0.15) is 5.60 Å². The molecule has 1 saturated heterocycles. The van der Waals surface area contributed by atoms with Gasteiger partial charge in [-0.1, -0.05) is 13.0 Å². The van der Waals surface area contributed by atoms with Gasteiger partial charge in [0.05, 0.1) is 6.61 Å². The van der Waals surface area contributed by atoms with Gasteiger partial charge < -0.3 is 14.6 Å². The molecule has 0 radical (unpaired) electrons. The summed E-state index contributed by atoms with van der Waals surface area (Å²) in [5.74, 6) is -6.34. The second-order valence-corrected chi connectivity index (χ2v) is 8.08. The number of benzene rings is 1. The predicted molar refractivity (Wildman–Crippen MR) is 89.4 cm³/mol. The zero-order valence-corrected chi connectivity index (χ0v) is 16.2. The third-order valence-electron chi connectivity index (χ3n) is 5.06. The maximum Gasteiger partial charge on any atom is 0.417 e. The lowest BCUT2D eigenvalue weighted by molar-refractivity contribution is -0.274. The second kappa shape index (κ2) is 7.26. The average Bonchev–Trinajstić information content (AvgIpc) is 2.81. The van der Waals surface area contributed by atoms with E-state index in [2.05, 4.69) is 0 Å². The van der Waals surface area contributed by atoms with E-state index < -0.39 is 65.1 Å². The summed E-state index contributed by atoms with van der Waals surface area (Å²) in [6.07, 6.45) is -6.55. The van der Waals surface area contributed by atoms with Crippen LogP contribution in [0.25, 0.3) is 0 Å². The number of esters is 1. The van der Waals surface area contributed by atoms with Crippen LogP contribution in [0.4, 0.5) is 22.0 Å². The lowest BCUT2D eigenvalue weighted by Crippen LogP contribution is -2.47. The molecule has 28 heavy (non-hydrogen) atoms. The minimum Gasteiger partial charge on any atom is -0.458 e. The molecule has 158 valence electrons. The lowest BCUT2D eigenvalue weighted by atomic mass is 9.76. The standard InChI is InChI=1S/C19H23F5O4/c1-9-13(10-6-7-12(20)14(21)11(10)8-25)15(16(26)28-17(2,3)4)27-18(9,5)19(22,23)24/h6-7,9,13,15,25H,8H2,1-5H3/t9?,13?,15-,18?/m1/s1. The number of carbonyl (C=O) groups is 1. The van der Waals surface area contributed by atoms with E-state index in [-0.39, 0.29) is 5.56 Å². The number of aliphatic hydroxyl groups excluding tert-OH is 1. The van der Waals surface area contributed by atoms with Crippen molar-refractivity contribution in [3.05, 3.63) is 34.9 Å². The maximum absolute atomic E-state index is 14.2. The topological polar surface area (TPSA) is 55.8 Å². The lowest BCUT2D eigenvalue weighted by Gasteiger charge is -2.32. The molecule has 1 aliphatic heterocycles. The van der Waals surface area contributed by atoms with Crippen molar-refractivity contribution in [1.29, 1.82) is 0 Å². The SMILES string of the molecule is CC1C(c2ccc(F)c(F)c2CO)[C@H](C(=O)OC(C)(C)C)OC1(C)C(F)(F)F. The normalized spacial score (nSPS) is 28.5. The number of alkyl halides is 3. The Balaban J connectivity index is 2.63. The van der Waals surface area contributed by atoms with Crippen LogP contribution in [0.2, 0.25) is 0 Å². The number of hydrogen-bond acceptors (Lipinski definition) is 4. The van der Waals surface area contributed by atoms with Crippen LogP contribution < -0.4 is 0 Å². The Morgan fingerprint density at radius 1 is 1.25 bits per heavy atom.